The molecule has 0 radical (unpaired) electrons. The van der Waals surface area contributed by atoms with Crippen molar-refractivity contribution >= 4 is 11.8 Å². The number of primary amides is 1. The molecule has 1 heterocycles. The number of β-amino-alcohol motifs (C(OH)–C–C–N with tert-alkyl or cyclic N) is 1. The highest BCUT2D eigenvalue weighted by atomic mass is 16.3. The lowest BCUT2D eigenvalue weighted by Gasteiger charge is -2.42. The zero-order valence-electron chi connectivity index (χ0n) is 16.7. The van der Waals surface area contributed by atoms with E-state index in [0.717, 1.165) is 51.1 Å². The summed E-state index contributed by atoms with van der Waals surface area (Å²) in [6, 6.07) is 0. The number of aliphatic hydroxyl groups is 1. The third-order valence-electron chi connectivity index (χ3n) is 7.13. The maximum atomic E-state index is 13.0. The molecule has 2 saturated carbocycles. The number of hydrogen-bond acceptors (Lipinski definition) is 4. The van der Waals surface area contributed by atoms with E-state index in [1.807, 2.05) is 4.90 Å². The summed E-state index contributed by atoms with van der Waals surface area (Å²) in [5.74, 6) is 0.191. The van der Waals surface area contributed by atoms with E-state index in [-0.39, 0.29) is 18.4 Å². The molecule has 1 saturated heterocycles. The Hall–Kier alpha value is -1.14. The normalized spacial score (nSPS) is 29.7. The first kappa shape index (κ1) is 20.6. The Morgan fingerprint density at radius 1 is 1.07 bits per heavy atom. The van der Waals surface area contributed by atoms with Crippen molar-refractivity contribution in [1.29, 1.82) is 0 Å². The molecule has 0 aromatic carbocycles. The lowest BCUT2D eigenvalue weighted by atomic mass is 9.80. The SMILES string of the molecule is NC(=O)C1(NCC2(O)CCCN(CCC3CCCCC3)C2=O)CCCCC1. The topological polar surface area (TPSA) is 95.7 Å². The predicted octanol–water partition coefficient (Wildman–Crippen LogP) is 2.09. The second kappa shape index (κ2) is 8.91. The molecular weight excluding hydrogens is 342 g/mol. The fourth-order valence-electron chi connectivity index (χ4n) is 5.24. The van der Waals surface area contributed by atoms with Crippen molar-refractivity contribution in [2.24, 2.45) is 11.7 Å². The Kier molecular flexibility index (Phi) is 6.79. The molecule has 1 atom stereocenters. The molecule has 3 fully saturated rings. The van der Waals surface area contributed by atoms with Gasteiger partial charge in [0.2, 0.25) is 5.91 Å². The van der Waals surface area contributed by atoms with Gasteiger partial charge in [0.25, 0.3) is 5.91 Å². The number of likely N-dealkylation sites (tertiary alicyclic amines) is 1. The Bertz CT molecular complexity index is 527. The highest BCUT2D eigenvalue weighted by Gasteiger charge is 2.45. The number of piperidine rings is 1. The quantitative estimate of drug-likeness (QED) is 0.631. The number of carbonyl (C=O) groups is 2. The van der Waals surface area contributed by atoms with Gasteiger partial charge in [-0.3, -0.25) is 14.9 Å². The minimum atomic E-state index is -1.41. The van der Waals surface area contributed by atoms with Crippen LogP contribution >= 0.6 is 0 Å². The van der Waals surface area contributed by atoms with E-state index in [0.29, 0.717) is 19.3 Å². The van der Waals surface area contributed by atoms with Crippen molar-refractivity contribution in [2.45, 2.75) is 94.6 Å². The highest BCUT2D eigenvalue weighted by Crippen LogP contribution is 2.31. The number of nitrogens with two attached hydrogens (primary N) is 1. The summed E-state index contributed by atoms with van der Waals surface area (Å²) in [5, 5.41) is 14.3. The van der Waals surface area contributed by atoms with Crippen molar-refractivity contribution in [1.82, 2.24) is 10.2 Å². The monoisotopic (exact) mass is 379 g/mol. The number of nitrogens with one attached hydrogen (secondary N) is 1. The largest absolute Gasteiger partial charge is 0.379 e. The van der Waals surface area contributed by atoms with Gasteiger partial charge < -0.3 is 15.7 Å². The second-order valence-electron chi connectivity index (χ2n) is 9.08. The molecule has 27 heavy (non-hydrogen) atoms. The Morgan fingerprint density at radius 3 is 2.41 bits per heavy atom. The Labute approximate surface area is 163 Å². The summed E-state index contributed by atoms with van der Waals surface area (Å²) >= 11 is 0. The van der Waals surface area contributed by atoms with Crippen LogP contribution in [-0.4, -0.2) is 52.6 Å². The van der Waals surface area contributed by atoms with Gasteiger partial charge in [-0.05, 0) is 38.0 Å². The maximum absolute atomic E-state index is 13.0. The molecule has 3 rings (SSSR count). The van der Waals surface area contributed by atoms with Gasteiger partial charge in [0, 0.05) is 19.6 Å². The van der Waals surface area contributed by atoms with Gasteiger partial charge in [-0.25, -0.2) is 0 Å². The van der Waals surface area contributed by atoms with Crippen LogP contribution in [0.3, 0.4) is 0 Å². The van der Waals surface area contributed by atoms with Crippen LogP contribution in [-0.2, 0) is 9.59 Å². The predicted molar refractivity (Wildman–Crippen MR) is 105 cm³/mol. The van der Waals surface area contributed by atoms with Gasteiger partial charge in [0.1, 0.15) is 0 Å². The van der Waals surface area contributed by atoms with Gasteiger partial charge in [-0.2, -0.15) is 0 Å². The standard InChI is InChI=1S/C21H37N3O3/c22-18(25)20(11-5-2-6-12-20)23-16-21(27)13-7-14-24(19(21)26)15-10-17-8-3-1-4-9-17/h17,23,27H,1-16H2,(H2,22,25). The molecule has 2 amide bonds. The molecule has 0 bridgehead atoms. The number of hydrogen-bond donors (Lipinski definition) is 3. The molecule has 0 spiro atoms. The molecule has 2 aliphatic carbocycles. The average Bonchev–Trinajstić information content (AvgIpc) is 2.69. The fraction of sp³-hybridized carbons (Fsp3) is 0.905. The molecule has 6 heteroatoms. The minimum absolute atomic E-state index is 0.120. The van der Waals surface area contributed by atoms with Crippen molar-refractivity contribution < 1.29 is 14.7 Å². The lowest BCUT2D eigenvalue weighted by Crippen LogP contribution is -2.64. The van der Waals surface area contributed by atoms with E-state index in [1.54, 1.807) is 0 Å². The number of rotatable bonds is 7. The van der Waals surface area contributed by atoms with E-state index >= 15 is 0 Å². The third-order valence-corrected chi connectivity index (χ3v) is 7.13. The van der Waals surface area contributed by atoms with Gasteiger partial charge in [0.15, 0.2) is 5.60 Å². The molecule has 3 aliphatic rings. The molecular formula is C21H37N3O3. The van der Waals surface area contributed by atoms with E-state index < -0.39 is 11.1 Å². The molecule has 1 aliphatic heterocycles. The van der Waals surface area contributed by atoms with Crippen molar-refractivity contribution in [2.75, 3.05) is 19.6 Å². The zero-order chi connectivity index (χ0) is 19.3. The van der Waals surface area contributed by atoms with Crippen LogP contribution < -0.4 is 11.1 Å². The fourth-order valence-corrected chi connectivity index (χ4v) is 5.24. The van der Waals surface area contributed by atoms with Crippen molar-refractivity contribution in [3.8, 4) is 0 Å². The first-order chi connectivity index (χ1) is 13.0. The third kappa shape index (κ3) is 4.83. The van der Waals surface area contributed by atoms with E-state index in [2.05, 4.69) is 5.32 Å². The van der Waals surface area contributed by atoms with Crippen LogP contribution in [0.4, 0.5) is 0 Å². The summed E-state index contributed by atoms with van der Waals surface area (Å²) in [7, 11) is 0. The summed E-state index contributed by atoms with van der Waals surface area (Å²) in [4.78, 5) is 26.9. The maximum Gasteiger partial charge on any atom is 0.255 e. The Balaban J connectivity index is 1.56. The molecule has 6 nitrogen and oxygen atoms in total. The molecule has 0 aromatic rings. The van der Waals surface area contributed by atoms with Crippen molar-refractivity contribution in [3.05, 3.63) is 0 Å². The zero-order valence-corrected chi connectivity index (χ0v) is 16.7. The van der Waals surface area contributed by atoms with E-state index in [1.165, 1.54) is 32.1 Å². The first-order valence-electron chi connectivity index (χ1n) is 11.0. The van der Waals surface area contributed by atoms with Crippen LogP contribution in [0.2, 0.25) is 0 Å². The van der Waals surface area contributed by atoms with Gasteiger partial charge in [-0.1, -0.05) is 51.4 Å². The molecule has 154 valence electrons. The van der Waals surface area contributed by atoms with Gasteiger partial charge in [0.05, 0.1) is 5.54 Å². The van der Waals surface area contributed by atoms with Crippen LogP contribution in [0, 0.1) is 5.92 Å². The first-order valence-corrected chi connectivity index (χ1v) is 11.0. The summed E-state index contributed by atoms with van der Waals surface area (Å²) in [6.07, 6.45) is 13.2. The van der Waals surface area contributed by atoms with E-state index in [4.69, 9.17) is 5.73 Å². The number of amides is 2. The van der Waals surface area contributed by atoms with Crippen molar-refractivity contribution in [3.63, 3.8) is 0 Å². The molecule has 1 unspecified atom stereocenters. The number of nitrogens with zero attached hydrogens (tertiary/aromatic N) is 1. The Morgan fingerprint density at radius 2 is 1.74 bits per heavy atom. The smallest absolute Gasteiger partial charge is 0.255 e. The van der Waals surface area contributed by atoms with E-state index in [9.17, 15) is 14.7 Å². The van der Waals surface area contributed by atoms with Gasteiger partial charge >= 0.3 is 0 Å². The highest BCUT2D eigenvalue weighted by molar-refractivity contribution is 5.87. The molecule has 4 N–H and O–H groups in total. The van der Waals surface area contributed by atoms with Crippen LogP contribution in [0.15, 0.2) is 0 Å². The molecule has 0 aromatic heterocycles. The average molecular weight is 380 g/mol. The van der Waals surface area contributed by atoms with Crippen LogP contribution in [0.5, 0.6) is 0 Å². The second-order valence-corrected chi connectivity index (χ2v) is 9.08. The summed E-state index contributed by atoms with van der Waals surface area (Å²) < 4.78 is 0. The van der Waals surface area contributed by atoms with Crippen LogP contribution in [0.25, 0.3) is 0 Å². The minimum Gasteiger partial charge on any atom is -0.379 e. The summed E-state index contributed by atoms with van der Waals surface area (Å²) in [6.45, 7) is 1.59. The summed E-state index contributed by atoms with van der Waals surface area (Å²) in [5.41, 5.74) is 3.50. The van der Waals surface area contributed by atoms with Gasteiger partial charge in [-0.15, -0.1) is 0 Å². The lowest BCUT2D eigenvalue weighted by molar-refractivity contribution is -0.157. The number of carbonyl (C=O) groups excluding carboxylic acids is 2. The van der Waals surface area contributed by atoms with Crippen LogP contribution in [0.1, 0.15) is 83.5 Å².